The molecule has 0 nitrogen and oxygen atoms in total. The molecule has 0 aliphatic carbocycles. The van der Waals surface area contributed by atoms with Gasteiger partial charge in [-0.25, -0.2) is 4.39 Å². The average Bonchev–Trinajstić information content (AvgIpc) is 1.91. The summed E-state index contributed by atoms with van der Waals surface area (Å²) in [5.74, 6) is -0.225. The van der Waals surface area contributed by atoms with E-state index in [-0.39, 0.29) is 5.82 Å². The second-order valence-corrected chi connectivity index (χ2v) is 1.63. The van der Waals surface area contributed by atoms with Crippen LogP contribution in [0.1, 0.15) is 5.56 Å². The van der Waals surface area contributed by atoms with Crippen molar-refractivity contribution in [1.82, 2.24) is 0 Å². The monoisotopic (exact) mass is 199 g/mol. The summed E-state index contributed by atoms with van der Waals surface area (Å²) in [4.78, 5) is 0. The minimum absolute atomic E-state index is 0.225. The predicted octanol–water partition coefficient (Wildman–Crippen LogP) is 2.69. The third kappa shape index (κ3) is 3.78. The van der Waals surface area contributed by atoms with Gasteiger partial charge in [-0.2, -0.15) is 18.6 Å². The van der Waals surface area contributed by atoms with Gasteiger partial charge in [0.05, 0.1) is 5.82 Å². The van der Waals surface area contributed by atoms with Gasteiger partial charge in [0.25, 0.3) is 0 Å². The Morgan fingerprint density at radius 3 is 2.30 bits per heavy atom. The van der Waals surface area contributed by atoms with Crippen molar-refractivity contribution in [3.8, 4) is 0 Å². The summed E-state index contributed by atoms with van der Waals surface area (Å²) < 4.78 is 12.1. The first-order valence-corrected chi connectivity index (χ1v) is 4.13. The van der Waals surface area contributed by atoms with Crippen LogP contribution in [0.25, 0.3) is 0 Å². The molecule has 0 aromatic heterocycles. The molecular formula is C7H6ClFMn. The molecule has 1 aromatic carbocycles. The second kappa shape index (κ2) is 5.60. The molecule has 0 amide bonds. The molecule has 0 saturated heterocycles. The molecule has 55 valence electrons. The number of hydrogen-bond donors (Lipinski definition) is 0. The zero-order valence-electron chi connectivity index (χ0n) is 5.15. The standard InChI is InChI=1S/C7H6F.ClH.Mn/c1-6-3-2-4-7(8)5-6;;/h2-5H,1H2;1H;/q-1;;+2/p-1. The number of rotatable bonds is 0. The minimum atomic E-state index is -0.225. The molecule has 0 bridgehead atoms. The van der Waals surface area contributed by atoms with Crippen LogP contribution in [0.2, 0.25) is 0 Å². The zero-order valence-corrected chi connectivity index (χ0v) is 7.09. The van der Waals surface area contributed by atoms with Crippen molar-refractivity contribution in [2.75, 3.05) is 0 Å². The van der Waals surface area contributed by atoms with Crippen LogP contribution in [0, 0.1) is 12.7 Å². The van der Waals surface area contributed by atoms with E-state index in [1.54, 1.807) is 12.1 Å². The van der Waals surface area contributed by atoms with Gasteiger partial charge in [-0.3, -0.25) is 0 Å². The van der Waals surface area contributed by atoms with E-state index in [0.29, 0.717) is 5.56 Å². The maximum absolute atomic E-state index is 12.1. The van der Waals surface area contributed by atoms with Gasteiger partial charge < -0.3 is 0 Å². The van der Waals surface area contributed by atoms with Gasteiger partial charge in [0, 0.05) is 0 Å². The van der Waals surface area contributed by atoms with Crippen molar-refractivity contribution in [2.45, 2.75) is 0 Å². The molecule has 10 heavy (non-hydrogen) atoms. The Hall–Kier alpha value is -0.171. The average molecular weight is 200 g/mol. The van der Waals surface area contributed by atoms with Crippen LogP contribution >= 0.6 is 10.1 Å². The molecule has 0 heterocycles. The van der Waals surface area contributed by atoms with Gasteiger partial charge in [0.1, 0.15) is 0 Å². The number of hydrogen-bond acceptors (Lipinski definition) is 0. The Morgan fingerprint density at radius 1 is 1.40 bits per heavy atom. The fourth-order valence-electron chi connectivity index (χ4n) is 0.537. The molecule has 0 N–H and O–H groups in total. The van der Waals surface area contributed by atoms with Crippen molar-refractivity contribution in [3.05, 3.63) is 42.6 Å². The van der Waals surface area contributed by atoms with Crippen molar-refractivity contribution in [3.63, 3.8) is 0 Å². The molecule has 0 atom stereocenters. The van der Waals surface area contributed by atoms with Gasteiger partial charge in [0.15, 0.2) is 0 Å². The third-order valence-electron chi connectivity index (χ3n) is 0.889. The van der Waals surface area contributed by atoms with Crippen LogP contribution in [0.3, 0.4) is 0 Å². The quantitative estimate of drug-likeness (QED) is 0.445. The zero-order chi connectivity index (χ0) is 7.98. The molecule has 0 unspecified atom stereocenters. The molecule has 3 heteroatoms. The normalized spacial score (nSPS) is 7.80. The Morgan fingerprint density at radius 2 is 2.00 bits per heavy atom. The van der Waals surface area contributed by atoms with Crippen molar-refractivity contribution < 1.29 is 19.5 Å². The van der Waals surface area contributed by atoms with Gasteiger partial charge in [-0.1, -0.05) is 6.07 Å². The number of benzene rings is 1. The molecule has 0 fully saturated rings. The first-order chi connectivity index (χ1) is 4.79. The first kappa shape index (κ1) is 9.83. The third-order valence-corrected chi connectivity index (χ3v) is 0.889. The van der Waals surface area contributed by atoms with Gasteiger partial charge in [0.2, 0.25) is 0 Å². The summed E-state index contributed by atoms with van der Waals surface area (Å²) in [6.07, 6.45) is 0. The van der Waals surface area contributed by atoms with Crippen LogP contribution in [-0.4, -0.2) is 0 Å². The molecule has 0 aliphatic heterocycles. The Kier molecular flexibility index (Phi) is 5.51. The summed E-state index contributed by atoms with van der Waals surface area (Å²) in [6.45, 7) is 3.54. The topological polar surface area (TPSA) is 0 Å². The fraction of sp³-hybridized carbons (Fsp3) is 0. The summed E-state index contributed by atoms with van der Waals surface area (Å²) in [7, 11) is 4.45. The van der Waals surface area contributed by atoms with E-state index in [1.807, 2.05) is 0 Å². The molecule has 0 saturated carbocycles. The van der Waals surface area contributed by atoms with Crippen LogP contribution in [0.4, 0.5) is 4.39 Å². The molecule has 0 radical (unpaired) electrons. The molecule has 1 rings (SSSR count). The van der Waals surface area contributed by atoms with E-state index in [0.717, 1.165) is 0 Å². The SMILES string of the molecule is [CH2-]c1cccc(F)c1.[Cl][Mn+]. The molecule has 1 aromatic rings. The van der Waals surface area contributed by atoms with E-state index < -0.39 is 0 Å². The Labute approximate surface area is 72.4 Å². The summed E-state index contributed by atoms with van der Waals surface area (Å²) in [5, 5.41) is 0. The van der Waals surface area contributed by atoms with Crippen LogP contribution in [0.5, 0.6) is 0 Å². The van der Waals surface area contributed by atoms with Gasteiger partial charge in [-0.05, 0) is 0 Å². The Balaban J connectivity index is 0.000000371. The van der Waals surface area contributed by atoms with Crippen LogP contribution in [-0.2, 0) is 15.1 Å². The maximum atomic E-state index is 12.1. The summed E-state index contributed by atoms with van der Waals surface area (Å²) in [5.41, 5.74) is 0.713. The second-order valence-electron chi connectivity index (χ2n) is 1.63. The van der Waals surface area contributed by atoms with Crippen molar-refractivity contribution in [1.29, 1.82) is 0 Å². The van der Waals surface area contributed by atoms with E-state index in [1.165, 1.54) is 12.1 Å². The van der Waals surface area contributed by atoms with Crippen LogP contribution in [0.15, 0.2) is 24.3 Å². The molecule has 0 spiro atoms. The summed E-state index contributed by atoms with van der Waals surface area (Å²) >= 11 is 2.41. The first-order valence-electron chi connectivity index (χ1n) is 2.51. The van der Waals surface area contributed by atoms with E-state index >= 15 is 0 Å². The van der Waals surface area contributed by atoms with Crippen molar-refractivity contribution in [2.24, 2.45) is 0 Å². The molecular weight excluding hydrogens is 193 g/mol. The predicted molar refractivity (Wildman–Crippen MR) is 36.7 cm³/mol. The fourth-order valence-corrected chi connectivity index (χ4v) is 0.537. The van der Waals surface area contributed by atoms with E-state index in [2.05, 4.69) is 32.1 Å². The number of halogens is 2. The van der Waals surface area contributed by atoms with Crippen molar-refractivity contribution >= 4 is 10.1 Å². The van der Waals surface area contributed by atoms with Gasteiger partial charge >= 0.3 is 25.2 Å². The van der Waals surface area contributed by atoms with Crippen LogP contribution < -0.4 is 0 Å². The summed E-state index contributed by atoms with van der Waals surface area (Å²) in [6, 6.07) is 6.18. The van der Waals surface area contributed by atoms with E-state index in [9.17, 15) is 4.39 Å². The van der Waals surface area contributed by atoms with Gasteiger partial charge in [-0.15, -0.1) is 12.1 Å². The molecule has 0 aliphatic rings. The Bertz CT molecular complexity index is 173. The van der Waals surface area contributed by atoms with E-state index in [4.69, 9.17) is 0 Å².